The van der Waals surface area contributed by atoms with Crippen LogP contribution in [0.25, 0.3) is 17.3 Å². The van der Waals surface area contributed by atoms with Gasteiger partial charge in [0.15, 0.2) is 0 Å². The molecule has 0 bridgehead atoms. The van der Waals surface area contributed by atoms with E-state index in [1.165, 1.54) is 6.08 Å². The standard InChI is InChI=1S/C16H8F3N3/c17-16(18,19)14-5-6-22-15(8-14)13-3-1-11(2-4-13)7-12(9-20)10-21/h1-8H. The van der Waals surface area contributed by atoms with E-state index in [2.05, 4.69) is 4.98 Å². The number of pyridine rings is 1. The zero-order valence-electron chi connectivity index (χ0n) is 11.1. The fraction of sp³-hybridized carbons (Fsp3) is 0.0625. The van der Waals surface area contributed by atoms with E-state index in [0.717, 1.165) is 18.3 Å². The molecule has 2 aromatic rings. The summed E-state index contributed by atoms with van der Waals surface area (Å²) in [5, 5.41) is 17.3. The number of nitrogens with zero attached hydrogens (tertiary/aromatic N) is 3. The molecule has 1 heterocycles. The van der Waals surface area contributed by atoms with E-state index in [1.54, 1.807) is 36.4 Å². The van der Waals surface area contributed by atoms with Crippen LogP contribution in [-0.2, 0) is 6.18 Å². The van der Waals surface area contributed by atoms with E-state index >= 15 is 0 Å². The van der Waals surface area contributed by atoms with Crippen molar-refractivity contribution in [2.75, 3.05) is 0 Å². The van der Waals surface area contributed by atoms with Gasteiger partial charge in [0.25, 0.3) is 0 Å². The van der Waals surface area contributed by atoms with E-state index in [9.17, 15) is 13.2 Å². The predicted octanol–water partition coefficient (Wildman–Crippen LogP) is 4.20. The Morgan fingerprint density at radius 1 is 1.05 bits per heavy atom. The first-order valence-corrected chi connectivity index (χ1v) is 6.09. The Hall–Kier alpha value is -3.12. The van der Waals surface area contributed by atoms with Gasteiger partial charge in [0.05, 0.1) is 11.3 Å². The molecule has 0 amide bonds. The molecule has 1 aromatic heterocycles. The van der Waals surface area contributed by atoms with Crippen LogP contribution in [0, 0.1) is 22.7 Å². The summed E-state index contributed by atoms with van der Waals surface area (Å²) in [5.74, 6) is 0. The van der Waals surface area contributed by atoms with Crippen molar-refractivity contribution in [2.45, 2.75) is 6.18 Å². The molecule has 0 saturated carbocycles. The number of hydrogen-bond acceptors (Lipinski definition) is 3. The normalized spacial score (nSPS) is 10.4. The van der Waals surface area contributed by atoms with Crippen LogP contribution in [0.15, 0.2) is 48.2 Å². The van der Waals surface area contributed by atoms with Gasteiger partial charge >= 0.3 is 6.18 Å². The first-order valence-electron chi connectivity index (χ1n) is 6.09. The zero-order valence-corrected chi connectivity index (χ0v) is 11.1. The molecule has 22 heavy (non-hydrogen) atoms. The maximum absolute atomic E-state index is 12.7. The first-order chi connectivity index (χ1) is 10.4. The van der Waals surface area contributed by atoms with Crippen LogP contribution in [0.3, 0.4) is 0 Å². The first kappa shape index (κ1) is 15.3. The van der Waals surface area contributed by atoms with Crippen molar-refractivity contribution < 1.29 is 13.2 Å². The molecule has 0 radical (unpaired) electrons. The molecule has 1 aromatic carbocycles. The van der Waals surface area contributed by atoms with Gasteiger partial charge in [-0.3, -0.25) is 4.98 Å². The van der Waals surface area contributed by atoms with Gasteiger partial charge in [0, 0.05) is 11.8 Å². The monoisotopic (exact) mass is 299 g/mol. The van der Waals surface area contributed by atoms with Crippen molar-refractivity contribution >= 4 is 6.08 Å². The zero-order chi connectivity index (χ0) is 16.2. The number of halogens is 3. The van der Waals surface area contributed by atoms with Crippen molar-refractivity contribution in [1.82, 2.24) is 4.98 Å². The molecule has 3 nitrogen and oxygen atoms in total. The number of benzene rings is 1. The minimum absolute atomic E-state index is 0.0510. The lowest BCUT2D eigenvalue weighted by molar-refractivity contribution is -0.137. The van der Waals surface area contributed by atoms with E-state index in [1.807, 2.05) is 0 Å². The molecule has 2 rings (SSSR count). The summed E-state index contributed by atoms with van der Waals surface area (Å²) in [5.41, 5.74) is 0.501. The van der Waals surface area contributed by atoms with Crippen LogP contribution in [-0.4, -0.2) is 4.98 Å². The molecule has 0 atom stereocenters. The second-order valence-electron chi connectivity index (χ2n) is 4.33. The fourth-order valence-corrected chi connectivity index (χ4v) is 1.77. The largest absolute Gasteiger partial charge is 0.416 e. The third-order valence-electron chi connectivity index (χ3n) is 2.85. The minimum Gasteiger partial charge on any atom is -0.256 e. The minimum atomic E-state index is -4.42. The van der Waals surface area contributed by atoms with Gasteiger partial charge in [-0.25, -0.2) is 0 Å². The maximum atomic E-state index is 12.7. The quantitative estimate of drug-likeness (QED) is 0.781. The Labute approximate surface area is 124 Å². The molecule has 6 heteroatoms. The van der Waals surface area contributed by atoms with Gasteiger partial charge in [0.2, 0.25) is 0 Å². The predicted molar refractivity (Wildman–Crippen MR) is 73.9 cm³/mol. The van der Waals surface area contributed by atoms with Gasteiger partial charge in [-0.15, -0.1) is 0 Å². The third kappa shape index (κ3) is 3.50. The van der Waals surface area contributed by atoms with Crippen LogP contribution in [0.4, 0.5) is 13.2 Å². The van der Waals surface area contributed by atoms with E-state index in [4.69, 9.17) is 10.5 Å². The number of hydrogen-bond donors (Lipinski definition) is 0. The lowest BCUT2D eigenvalue weighted by atomic mass is 10.1. The summed E-state index contributed by atoms with van der Waals surface area (Å²) < 4.78 is 38.0. The summed E-state index contributed by atoms with van der Waals surface area (Å²) >= 11 is 0. The topological polar surface area (TPSA) is 60.5 Å². The van der Waals surface area contributed by atoms with Crippen molar-refractivity contribution in [2.24, 2.45) is 0 Å². The SMILES string of the molecule is N#CC(C#N)=Cc1ccc(-c2cc(C(F)(F)F)ccn2)cc1. The van der Waals surface area contributed by atoms with Gasteiger partial charge in [0.1, 0.15) is 17.7 Å². The van der Waals surface area contributed by atoms with Crippen molar-refractivity contribution in [3.05, 3.63) is 59.3 Å². The van der Waals surface area contributed by atoms with Crippen LogP contribution in [0.2, 0.25) is 0 Å². The summed E-state index contributed by atoms with van der Waals surface area (Å²) in [6.07, 6.45) is -1.92. The molecule has 0 N–H and O–H groups in total. The second-order valence-corrected chi connectivity index (χ2v) is 4.33. The number of alkyl halides is 3. The molecule has 0 saturated heterocycles. The highest BCUT2D eigenvalue weighted by molar-refractivity contribution is 5.66. The average Bonchev–Trinajstić information content (AvgIpc) is 2.52. The molecule has 0 spiro atoms. The second kappa shape index (κ2) is 6.11. The Balaban J connectivity index is 2.35. The summed E-state index contributed by atoms with van der Waals surface area (Å²) in [6.45, 7) is 0. The van der Waals surface area contributed by atoms with Crippen LogP contribution >= 0.6 is 0 Å². The molecule has 0 aliphatic rings. The van der Waals surface area contributed by atoms with E-state index in [0.29, 0.717) is 11.1 Å². The molecule has 0 aliphatic carbocycles. The summed E-state index contributed by atoms with van der Waals surface area (Å²) in [4.78, 5) is 3.93. The van der Waals surface area contributed by atoms with Gasteiger partial charge < -0.3 is 0 Å². The van der Waals surface area contributed by atoms with E-state index in [-0.39, 0.29) is 11.3 Å². The van der Waals surface area contributed by atoms with Crippen LogP contribution in [0.1, 0.15) is 11.1 Å². The average molecular weight is 299 g/mol. The number of aromatic nitrogens is 1. The van der Waals surface area contributed by atoms with Crippen molar-refractivity contribution in [3.63, 3.8) is 0 Å². The van der Waals surface area contributed by atoms with Gasteiger partial charge in [-0.2, -0.15) is 23.7 Å². The maximum Gasteiger partial charge on any atom is 0.416 e. The van der Waals surface area contributed by atoms with Crippen LogP contribution in [0.5, 0.6) is 0 Å². The fourth-order valence-electron chi connectivity index (χ4n) is 1.77. The van der Waals surface area contributed by atoms with E-state index < -0.39 is 11.7 Å². The Bertz CT molecular complexity index is 775. The molecule has 0 fully saturated rings. The molecule has 0 aliphatic heterocycles. The van der Waals surface area contributed by atoms with Crippen molar-refractivity contribution in [3.8, 4) is 23.4 Å². The highest BCUT2D eigenvalue weighted by Crippen LogP contribution is 2.31. The molecule has 0 unspecified atom stereocenters. The molecular weight excluding hydrogens is 291 g/mol. The summed E-state index contributed by atoms with van der Waals surface area (Å²) in [6, 6.07) is 11.7. The Kier molecular flexibility index (Phi) is 4.24. The third-order valence-corrected chi connectivity index (χ3v) is 2.85. The smallest absolute Gasteiger partial charge is 0.256 e. The highest BCUT2D eigenvalue weighted by Gasteiger charge is 2.30. The van der Waals surface area contributed by atoms with Gasteiger partial charge in [-0.05, 0) is 23.8 Å². The molecule has 108 valence electrons. The summed E-state index contributed by atoms with van der Waals surface area (Å²) in [7, 11) is 0. The van der Waals surface area contributed by atoms with Crippen LogP contribution < -0.4 is 0 Å². The molecular formula is C16H8F3N3. The Morgan fingerprint density at radius 3 is 2.23 bits per heavy atom. The highest BCUT2D eigenvalue weighted by atomic mass is 19.4. The number of nitriles is 2. The number of rotatable bonds is 2. The van der Waals surface area contributed by atoms with Crippen molar-refractivity contribution in [1.29, 1.82) is 10.5 Å². The number of allylic oxidation sites excluding steroid dienone is 1. The lowest BCUT2D eigenvalue weighted by Crippen LogP contribution is -2.05. The van der Waals surface area contributed by atoms with Gasteiger partial charge in [-0.1, -0.05) is 24.3 Å². The Morgan fingerprint density at radius 2 is 1.68 bits per heavy atom. The lowest BCUT2D eigenvalue weighted by Gasteiger charge is -2.08.